The van der Waals surface area contributed by atoms with Gasteiger partial charge >= 0.3 is 0 Å². The van der Waals surface area contributed by atoms with Gasteiger partial charge in [-0.2, -0.15) is 0 Å². The molecule has 0 aliphatic carbocycles. The summed E-state index contributed by atoms with van der Waals surface area (Å²) >= 11 is 0. The Hall–Kier alpha value is -1.06. The summed E-state index contributed by atoms with van der Waals surface area (Å²) in [6.45, 7) is 7.28. The molecule has 3 rings (SSSR count). The molecule has 1 aromatic rings. The average molecular weight is 258 g/mol. The van der Waals surface area contributed by atoms with E-state index in [-0.39, 0.29) is 0 Å². The molecule has 0 N–H and O–H groups in total. The summed E-state index contributed by atoms with van der Waals surface area (Å²) in [6.07, 6.45) is 2.69. The van der Waals surface area contributed by atoms with Crippen LogP contribution in [0.4, 0.5) is 5.69 Å². The van der Waals surface area contributed by atoms with Crippen LogP contribution in [0.5, 0.6) is 0 Å². The molecule has 1 aromatic carbocycles. The lowest BCUT2D eigenvalue weighted by molar-refractivity contribution is 0.115. The molecule has 1 radical (unpaired) electrons. The van der Waals surface area contributed by atoms with E-state index in [0.29, 0.717) is 0 Å². The van der Waals surface area contributed by atoms with Crippen molar-refractivity contribution >= 4 is 5.69 Å². The van der Waals surface area contributed by atoms with Crippen LogP contribution in [0.1, 0.15) is 12.8 Å². The van der Waals surface area contributed by atoms with E-state index in [9.17, 15) is 0 Å². The van der Waals surface area contributed by atoms with Crippen molar-refractivity contribution in [3.05, 3.63) is 30.3 Å². The molecule has 3 nitrogen and oxygen atoms in total. The first-order valence-electron chi connectivity index (χ1n) is 7.46. The largest absolute Gasteiger partial charge is 0.369 e. The minimum Gasteiger partial charge on any atom is -0.369 e. The van der Waals surface area contributed by atoms with Crippen LogP contribution in [-0.2, 0) is 0 Å². The predicted molar refractivity (Wildman–Crippen MR) is 79.6 cm³/mol. The molecule has 0 unspecified atom stereocenters. The number of likely N-dealkylation sites (tertiary alicyclic amines) is 1. The van der Waals surface area contributed by atoms with Crippen molar-refractivity contribution in [3.63, 3.8) is 0 Å². The van der Waals surface area contributed by atoms with E-state index in [1.54, 1.807) is 0 Å². The Kier molecular flexibility index (Phi) is 4.04. The standard InChI is InChI=1S/C16H24N3/c1-17-9-7-16(8-10-17)19-13-11-18(12-14-19)15-5-3-2-4-6-15/h3-6,16H,7-14H2,1H3. The summed E-state index contributed by atoms with van der Waals surface area (Å²) in [5.74, 6) is 0. The highest BCUT2D eigenvalue weighted by molar-refractivity contribution is 5.46. The van der Waals surface area contributed by atoms with Gasteiger partial charge < -0.3 is 9.80 Å². The minimum atomic E-state index is 0.822. The average Bonchev–Trinajstić information content (AvgIpc) is 2.49. The van der Waals surface area contributed by atoms with Crippen molar-refractivity contribution in [3.8, 4) is 0 Å². The lowest BCUT2D eigenvalue weighted by Gasteiger charge is -2.42. The second-order valence-corrected chi connectivity index (χ2v) is 5.82. The molecule has 2 aliphatic heterocycles. The number of rotatable bonds is 2. The molecule has 2 fully saturated rings. The van der Waals surface area contributed by atoms with E-state index < -0.39 is 0 Å². The Bertz CT molecular complexity index is 376. The fourth-order valence-electron chi connectivity index (χ4n) is 3.29. The van der Waals surface area contributed by atoms with Crippen molar-refractivity contribution in [1.29, 1.82) is 0 Å². The lowest BCUT2D eigenvalue weighted by atomic mass is 10.0. The number of benzene rings is 1. The van der Waals surface area contributed by atoms with Crippen molar-refractivity contribution in [2.75, 3.05) is 51.2 Å². The highest BCUT2D eigenvalue weighted by Crippen LogP contribution is 2.20. The van der Waals surface area contributed by atoms with Crippen LogP contribution in [0.2, 0.25) is 0 Å². The maximum Gasteiger partial charge on any atom is 0.0367 e. The van der Waals surface area contributed by atoms with Crippen LogP contribution in [0.25, 0.3) is 0 Å². The van der Waals surface area contributed by atoms with Crippen LogP contribution in [0.15, 0.2) is 24.3 Å². The van der Waals surface area contributed by atoms with Crippen molar-refractivity contribution < 1.29 is 0 Å². The summed E-state index contributed by atoms with van der Waals surface area (Å²) in [4.78, 5) is 7.66. The predicted octanol–water partition coefficient (Wildman–Crippen LogP) is 1.70. The van der Waals surface area contributed by atoms with E-state index in [2.05, 4.69) is 39.9 Å². The summed E-state index contributed by atoms with van der Waals surface area (Å²) in [5, 5.41) is 0. The number of anilines is 1. The van der Waals surface area contributed by atoms with E-state index in [4.69, 9.17) is 0 Å². The Labute approximate surface area is 116 Å². The molecule has 0 saturated carbocycles. The molecule has 2 saturated heterocycles. The third kappa shape index (κ3) is 3.10. The van der Waals surface area contributed by atoms with Gasteiger partial charge in [-0.05, 0) is 51.2 Å². The monoisotopic (exact) mass is 258 g/mol. The Balaban J connectivity index is 1.52. The van der Waals surface area contributed by atoms with Crippen LogP contribution in [0, 0.1) is 6.07 Å². The molecule has 0 bridgehead atoms. The van der Waals surface area contributed by atoms with Gasteiger partial charge in [-0.3, -0.25) is 4.90 Å². The molecule has 0 spiro atoms. The third-order valence-electron chi connectivity index (χ3n) is 4.58. The smallest absolute Gasteiger partial charge is 0.0367 e. The molecule has 2 heterocycles. The molecular formula is C16H24N3. The number of hydrogen-bond donors (Lipinski definition) is 0. The van der Waals surface area contributed by atoms with Gasteiger partial charge in [0, 0.05) is 37.9 Å². The second kappa shape index (κ2) is 5.93. The zero-order valence-corrected chi connectivity index (χ0v) is 11.9. The molecule has 0 amide bonds. The zero-order chi connectivity index (χ0) is 13.1. The zero-order valence-electron chi connectivity index (χ0n) is 11.9. The van der Waals surface area contributed by atoms with Gasteiger partial charge in [0.05, 0.1) is 0 Å². The molecule has 103 valence electrons. The highest BCUT2D eigenvalue weighted by atomic mass is 15.3. The number of hydrogen-bond acceptors (Lipinski definition) is 3. The van der Waals surface area contributed by atoms with Gasteiger partial charge in [-0.15, -0.1) is 0 Å². The maximum absolute atomic E-state index is 3.09. The van der Waals surface area contributed by atoms with Crippen LogP contribution < -0.4 is 4.90 Å². The molecule has 19 heavy (non-hydrogen) atoms. The minimum absolute atomic E-state index is 0.822. The van der Waals surface area contributed by atoms with E-state index in [0.717, 1.165) is 19.1 Å². The van der Waals surface area contributed by atoms with E-state index in [1.807, 2.05) is 12.1 Å². The summed E-state index contributed by atoms with van der Waals surface area (Å²) in [7, 11) is 2.24. The van der Waals surface area contributed by atoms with E-state index in [1.165, 1.54) is 44.7 Å². The quantitative estimate of drug-likeness (QED) is 0.799. The number of piperidine rings is 1. The molecule has 2 aliphatic rings. The van der Waals surface area contributed by atoms with Gasteiger partial charge in [0.2, 0.25) is 0 Å². The topological polar surface area (TPSA) is 9.72 Å². The van der Waals surface area contributed by atoms with Crippen LogP contribution in [-0.4, -0.2) is 62.2 Å². The van der Waals surface area contributed by atoms with Gasteiger partial charge in [0.25, 0.3) is 0 Å². The SMILES string of the molecule is CN1CCC(N2CCN(c3cc[c]cc3)CC2)CC1. The third-order valence-corrected chi connectivity index (χ3v) is 4.58. The van der Waals surface area contributed by atoms with Gasteiger partial charge in [0.1, 0.15) is 0 Å². The van der Waals surface area contributed by atoms with Gasteiger partial charge in [-0.25, -0.2) is 0 Å². The van der Waals surface area contributed by atoms with Crippen LogP contribution >= 0.6 is 0 Å². The molecular weight excluding hydrogens is 234 g/mol. The Morgan fingerprint density at radius 1 is 0.947 bits per heavy atom. The maximum atomic E-state index is 3.09. The Morgan fingerprint density at radius 3 is 2.21 bits per heavy atom. The van der Waals surface area contributed by atoms with Crippen molar-refractivity contribution in [2.45, 2.75) is 18.9 Å². The number of nitrogens with zero attached hydrogens (tertiary/aromatic N) is 3. The van der Waals surface area contributed by atoms with Gasteiger partial charge in [0.15, 0.2) is 0 Å². The normalized spacial score (nSPS) is 23.7. The summed E-state index contributed by atoms with van der Waals surface area (Å²) in [6, 6.07) is 12.3. The fourth-order valence-corrected chi connectivity index (χ4v) is 3.29. The first-order chi connectivity index (χ1) is 9.33. The van der Waals surface area contributed by atoms with Crippen LogP contribution in [0.3, 0.4) is 0 Å². The number of piperazine rings is 1. The first-order valence-corrected chi connectivity index (χ1v) is 7.46. The van der Waals surface area contributed by atoms with Crippen molar-refractivity contribution in [1.82, 2.24) is 9.80 Å². The lowest BCUT2D eigenvalue weighted by Crippen LogP contribution is -2.52. The summed E-state index contributed by atoms with van der Waals surface area (Å²) in [5.41, 5.74) is 1.35. The van der Waals surface area contributed by atoms with Gasteiger partial charge in [-0.1, -0.05) is 12.1 Å². The fraction of sp³-hybridized carbons (Fsp3) is 0.625. The Morgan fingerprint density at radius 2 is 1.58 bits per heavy atom. The second-order valence-electron chi connectivity index (χ2n) is 5.82. The molecule has 3 heteroatoms. The molecule has 0 atom stereocenters. The summed E-state index contributed by atoms with van der Waals surface area (Å²) < 4.78 is 0. The first kappa shape index (κ1) is 12.9. The molecule has 0 aromatic heterocycles. The van der Waals surface area contributed by atoms with Crippen molar-refractivity contribution in [2.24, 2.45) is 0 Å². The highest BCUT2D eigenvalue weighted by Gasteiger charge is 2.26. The van der Waals surface area contributed by atoms with E-state index >= 15 is 0 Å².